The quantitative estimate of drug-likeness (QED) is 0.718. The van der Waals surface area contributed by atoms with Gasteiger partial charge in [0.2, 0.25) is 0 Å². The molecular weight excluding hydrogens is 302 g/mol. The molecule has 0 spiro atoms. The van der Waals surface area contributed by atoms with Gasteiger partial charge in [0, 0.05) is 18.1 Å². The lowest BCUT2D eigenvalue weighted by Gasteiger charge is -2.34. The fourth-order valence-corrected chi connectivity index (χ4v) is 3.36. The number of piperidine rings is 1. The second-order valence-electron chi connectivity index (χ2n) is 6.64. The first-order chi connectivity index (χ1) is 11.8. The summed E-state index contributed by atoms with van der Waals surface area (Å²) in [6, 6.07) is 11.3. The number of nitrogens with one attached hydrogen (secondary N) is 2. The number of hydrogen-bond acceptors (Lipinski definition) is 5. The lowest BCUT2D eigenvalue weighted by atomic mass is 9.90. The number of rotatable bonds is 5. The smallest absolute Gasteiger partial charge is 0.293 e. The second-order valence-corrected chi connectivity index (χ2v) is 6.64. The fraction of sp³-hybridized carbons (Fsp3) is 0.632. The molecule has 2 aliphatic rings. The summed E-state index contributed by atoms with van der Waals surface area (Å²) in [7, 11) is 0. The standard InChI is InChI=1S/C11H23N3.C8H8O2/c12-10-3-1-2-4-11(10)14-9-5-7-13-8-6-9;9-7-10-6-8-4-2-1-3-5-8/h9-11,13-14H,1-8,12H2;1-5,7H,6H2. The molecule has 1 saturated carbocycles. The van der Waals surface area contributed by atoms with Crippen LogP contribution in [0.4, 0.5) is 0 Å². The zero-order valence-electron chi connectivity index (χ0n) is 14.5. The number of ether oxygens (including phenoxy) is 1. The minimum atomic E-state index is 0.365. The molecule has 1 aliphatic carbocycles. The normalized spacial score (nSPS) is 24.5. The van der Waals surface area contributed by atoms with Crippen molar-refractivity contribution < 1.29 is 9.53 Å². The molecule has 134 valence electrons. The van der Waals surface area contributed by atoms with Crippen LogP contribution < -0.4 is 16.4 Å². The van der Waals surface area contributed by atoms with Gasteiger partial charge in [-0.3, -0.25) is 4.79 Å². The van der Waals surface area contributed by atoms with E-state index in [1.807, 2.05) is 30.3 Å². The van der Waals surface area contributed by atoms with Crippen LogP contribution in [-0.4, -0.2) is 37.7 Å². The van der Waals surface area contributed by atoms with Crippen molar-refractivity contribution in [2.75, 3.05) is 13.1 Å². The first kappa shape index (κ1) is 18.9. The highest BCUT2D eigenvalue weighted by Crippen LogP contribution is 2.18. The average Bonchev–Trinajstić information content (AvgIpc) is 2.64. The minimum Gasteiger partial charge on any atom is -0.463 e. The van der Waals surface area contributed by atoms with Gasteiger partial charge in [-0.05, 0) is 44.3 Å². The fourth-order valence-electron chi connectivity index (χ4n) is 3.36. The Morgan fingerprint density at radius 1 is 1.12 bits per heavy atom. The molecular formula is C19H31N3O2. The van der Waals surface area contributed by atoms with Gasteiger partial charge in [0.1, 0.15) is 6.61 Å². The van der Waals surface area contributed by atoms with Crippen molar-refractivity contribution >= 4 is 6.47 Å². The SMILES string of the molecule is NC1CCCCC1NC1CCNCC1.O=COCc1ccccc1. The van der Waals surface area contributed by atoms with Gasteiger partial charge in [0.05, 0.1) is 0 Å². The van der Waals surface area contributed by atoms with Crippen molar-refractivity contribution in [3.8, 4) is 0 Å². The monoisotopic (exact) mass is 333 g/mol. The summed E-state index contributed by atoms with van der Waals surface area (Å²) in [6.07, 6.45) is 7.71. The van der Waals surface area contributed by atoms with Gasteiger partial charge in [-0.1, -0.05) is 43.2 Å². The third-order valence-corrected chi connectivity index (χ3v) is 4.77. The molecule has 1 aromatic carbocycles. The van der Waals surface area contributed by atoms with Crippen LogP contribution in [0.15, 0.2) is 30.3 Å². The molecule has 2 atom stereocenters. The molecule has 0 amide bonds. The maximum atomic E-state index is 9.76. The van der Waals surface area contributed by atoms with Crippen LogP contribution >= 0.6 is 0 Å². The predicted molar refractivity (Wildman–Crippen MR) is 96.6 cm³/mol. The highest BCUT2D eigenvalue weighted by molar-refractivity contribution is 5.37. The Kier molecular flexibility index (Phi) is 8.81. The molecule has 1 aliphatic heterocycles. The summed E-state index contributed by atoms with van der Waals surface area (Å²) in [5.41, 5.74) is 7.13. The van der Waals surface area contributed by atoms with E-state index >= 15 is 0 Å². The van der Waals surface area contributed by atoms with Crippen LogP contribution in [0.25, 0.3) is 0 Å². The van der Waals surface area contributed by atoms with Crippen LogP contribution in [0, 0.1) is 0 Å². The molecule has 0 bridgehead atoms. The number of carbonyl (C=O) groups excluding carboxylic acids is 1. The average molecular weight is 333 g/mol. The number of hydrogen-bond donors (Lipinski definition) is 3. The van der Waals surface area contributed by atoms with Gasteiger partial charge in [-0.15, -0.1) is 0 Å². The Morgan fingerprint density at radius 2 is 1.83 bits per heavy atom. The number of nitrogens with two attached hydrogens (primary N) is 1. The Bertz CT molecular complexity index is 449. The van der Waals surface area contributed by atoms with E-state index in [9.17, 15) is 4.79 Å². The predicted octanol–water partition coefficient (Wildman–Crippen LogP) is 1.96. The molecule has 0 radical (unpaired) electrons. The van der Waals surface area contributed by atoms with Crippen molar-refractivity contribution in [1.29, 1.82) is 0 Å². The zero-order valence-corrected chi connectivity index (χ0v) is 14.5. The Morgan fingerprint density at radius 3 is 2.50 bits per heavy atom. The van der Waals surface area contributed by atoms with Crippen molar-refractivity contribution in [2.45, 2.75) is 63.3 Å². The molecule has 1 aromatic rings. The van der Waals surface area contributed by atoms with Crippen LogP contribution in [0.2, 0.25) is 0 Å². The van der Waals surface area contributed by atoms with E-state index < -0.39 is 0 Å². The van der Waals surface area contributed by atoms with E-state index in [1.54, 1.807) is 0 Å². The summed E-state index contributed by atoms with van der Waals surface area (Å²) in [5, 5.41) is 7.13. The van der Waals surface area contributed by atoms with Crippen molar-refractivity contribution in [1.82, 2.24) is 10.6 Å². The molecule has 3 rings (SSSR count). The van der Waals surface area contributed by atoms with Crippen LogP contribution in [0.3, 0.4) is 0 Å². The second kappa shape index (κ2) is 11.2. The van der Waals surface area contributed by atoms with Crippen LogP contribution in [0.5, 0.6) is 0 Å². The summed E-state index contributed by atoms with van der Waals surface area (Å²) in [6.45, 7) is 3.15. The minimum absolute atomic E-state index is 0.365. The maximum Gasteiger partial charge on any atom is 0.293 e. The molecule has 5 nitrogen and oxygen atoms in total. The van der Waals surface area contributed by atoms with E-state index in [0.29, 0.717) is 31.2 Å². The third-order valence-electron chi connectivity index (χ3n) is 4.77. The van der Waals surface area contributed by atoms with Gasteiger partial charge in [-0.2, -0.15) is 0 Å². The molecule has 5 heteroatoms. The first-order valence-corrected chi connectivity index (χ1v) is 9.11. The molecule has 4 N–H and O–H groups in total. The zero-order chi connectivity index (χ0) is 17.0. The molecule has 2 unspecified atom stereocenters. The Labute approximate surface area is 145 Å². The topological polar surface area (TPSA) is 76.4 Å². The highest BCUT2D eigenvalue weighted by Gasteiger charge is 2.24. The largest absolute Gasteiger partial charge is 0.463 e. The van der Waals surface area contributed by atoms with Gasteiger partial charge in [-0.25, -0.2) is 0 Å². The summed E-state index contributed by atoms with van der Waals surface area (Å²) < 4.78 is 4.54. The van der Waals surface area contributed by atoms with Crippen molar-refractivity contribution in [2.24, 2.45) is 5.73 Å². The van der Waals surface area contributed by atoms with E-state index in [-0.39, 0.29) is 0 Å². The Hall–Kier alpha value is -1.43. The highest BCUT2D eigenvalue weighted by atomic mass is 16.5. The van der Waals surface area contributed by atoms with E-state index in [0.717, 1.165) is 5.56 Å². The molecule has 24 heavy (non-hydrogen) atoms. The van der Waals surface area contributed by atoms with E-state index in [1.165, 1.54) is 51.6 Å². The van der Waals surface area contributed by atoms with Crippen LogP contribution in [-0.2, 0) is 16.1 Å². The van der Waals surface area contributed by atoms with Gasteiger partial charge >= 0.3 is 0 Å². The van der Waals surface area contributed by atoms with E-state index in [4.69, 9.17) is 5.73 Å². The molecule has 2 fully saturated rings. The van der Waals surface area contributed by atoms with Crippen molar-refractivity contribution in [3.63, 3.8) is 0 Å². The molecule has 1 heterocycles. The van der Waals surface area contributed by atoms with Gasteiger partial charge in [0.25, 0.3) is 6.47 Å². The van der Waals surface area contributed by atoms with Gasteiger partial charge < -0.3 is 21.1 Å². The molecule has 0 aromatic heterocycles. The van der Waals surface area contributed by atoms with Crippen molar-refractivity contribution in [3.05, 3.63) is 35.9 Å². The Balaban J connectivity index is 0.000000185. The third kappa shape index (κ3) is 6.99. The first-order valence-electron chi connectivity index (χ1n) is 9.11. The lowest BCUT2D eigenvalue weighted by molar-refractivity contribution is -0.129. The summed E-state index contributed by atoms with van der Waals surface area (Å²) in [5.74, 6) is 0. The molecule has 1 saturated heterocycles. The maximum absolute atomic E-state index is 9.76. The van der Waals surface area contributed by atoms with Gasteiger partial charge in [0.15, 0.2) is 0 Å². The number of carbonyl (C=O) groups is 1. The van der Waals surface area contributed by atoms with Crippen LogP contribution in [0.1, 0.15) is 44.1 Å². The summed E-state index contributed by atoms with van der Waals surface area (Å²) in [4.78, 5) is 9.76. The summed E-state index contributed by atoms with van der Waals surface area (Å²) >= 11 is 0. The number of benzene rings is 1. The van der Waals surface area contributed by atoms with E-state index in [2.05, 4.69) is 15.4 Å². The lowest BCUT2D eigenvalue weighted by Crippen LogP contribution is -2.53.